The minimum absolute atomic E-state index is 0.250. The number of amides is 1. The molecule has 1 rings (SSSR count). The number of esters is 1. The molecule has 0 radical (unpaired) electrons. The van der Waals surface area contributed by atoms with Gasteiger partial charge in [-0.05, 0) is 44.9 Å². The third-order valence-corrected chi connectivity index (χ3v) is 2.67. The normalized spacial score (nSPS) is 9.80. The number of aryl methyl sites for hydroxylation is 1. The van der Waals surface area contributed by atoms with Gasteiger partial charge < -0.3 is 10.1 Å². The summed E-state index contributed by atoms with van der Waals surface area (Å²) < 4.78 is 5.03. The first-order valence-corrected chi connectivity index (χ1v) is 6.73. The first-order valence-electron chi connectivity index (χ1n) is 6.73. The van der Waals surface area contributed by atoms with E-state index in [0.717, 1.165) is 17.6 Å². The van der Waals surface area contributed by atoms with E-state index < -0.39 is 5.97 Å². The summed E-state index contributed by atoms with van der Waals surface area (Å²) in [5.41, 5.74) is 2.78. The molecule has 4 nitrogen and oxygen atoms in total. The lowest BCUT2D eigenvalue weighted by atomic mass is 10.1. The van der Waals surface area contributed by atoms with Crippen molar-refractivity contribution in [2.24, 2.45) is 0 Å². The Bertz CT molecular complexity index is 529. The maximum absolute atomic E-state index is 11.9. The van der Waals surface area contributed by atoms with Crippen molar-refractivity contribution >= 4 is 17.6 Å². The molecule has 0 unspecified atom stereocenters. The van der Waals surface area contributed by atoms with E-state index >= 15 is 0 Å². The summed E-state index contributed by atoms with van der Waals surface area (Å²) in [4.78, 5) is 23.7. The predicted octanol–water partition coefficient (Wildman–Crippen LogP) is 3.33. The lowest BCUT2D eigenvalue weighted by molar-refractivity contribution is -0.111. The molecule has 0 aliphatic heterocycles. The monoisotopic (exact) mass is 275 g/mol. The number of benzene rings is 1. The maximum atomic E-state index is 11.9. The van der Waals surface area contributed by atoms with Gasteiger partial charge in [0.05, 0.1) is 17.9 Å². The van der Waals surface area contributed by atoms with Crippen LogP contribution in [-0.2, 0) is 16.0 Å². The van der Waals surface area contributed by atoms with Crippen molar-refractivity contribution in [2.75, 3.05) is 11.9 Å². The van der Waals surface area contributed by atoms with E-state index in [1.807, 2.05) is 26.8 Å². The molecule has 0 spiro atoms. The topological polar surface area (TPSA) is 55.4 Å². The van der Waals surface area contributed by atoms with E-state index in [1.165, 1.54) is 6.08 Å². The van der Waals surface area contributed by atoms with E-state index in [1.54, 1.807) is 19.1 Å². The van der Waals surface area contributed by atoms with Crippen molar-refractivity contribution in [2.45, 2.75) is 34.1 Å². The van der Waals surface area contributed by atoms with Crippen LogP contribution < -0.4 is 5.32 Å². The molecule has 0 bridgehead atoms. The number of ether oxygens (including phenoxy) is 1. The Hall–Kier alpha value is -2.10. The molecule has 0 saturated carbocycles. The molecule has 1 aromatic rings. The quantitative estimate of drug-likeness (QED) is 0.662. The van der Waals surface area contributed by atoms with Gasteiger partial charge in [0.15, 0.2) is 0 Å². The Kier molecular flexibility index (Phi) is 5.97. The number of carbonyl (C=O) groups is 2. The number of hydrogen-bond acceptors (Lipinski definition) is 3. The zero-order valence-corrected chi connectivity index (χ0v) is 12.4. The average Bonchev–Trinajstić information content (AvgIpc) is 2.38. The van der Waals surface area contributed by atoms with Crippen LogP contribution >= 0.6 is 0 Å². The van der Waals surface area contributed by atoms with Crippen LogP contribution in [0.5, 0.6) is 0 Å². The Morgan fingerprint density at radius 2 is 1.95 bits per heavy atom. The molecule has 0 aliphatic rings. The van der Waals surface area contributed by atoms with Crippen LogP contribution in [0.2, 0.25) is 0 Å². The molecule has 0 saturated heterocycles. The summed E-state index contributed by atoms with van der Waals surface area (Å²) in [5.74, 6) is -0.671. The van der Waals surface area contributed by atoms with E-state index in [9.17, 15) is 9.59 Å². The van der Waals surface area contributed by atoms with Crippen LogP contribution in [0, 0.1) is 0 Å². The van der Waals surface area contributed by atoms with E-state index in [-0.39, 0.29) is 5.91 Å². The van der Waals surface area contributed by atoms with Crippen molar-refractivity contribution in [3.8, 4) is 0 Å². The lowest BCUT2D eigenvalue weighted by Crippen LogP contribution is -2.14. The number of allylic oxidation sites excluding steroid dienone is 1. The van der Waals surface area contributed by atoms with Crippen LogP contribution in [0.1, 0.15) is 43.6 Å². The zero-order valence-electron chi connectivity index (χ0n) is 12.4. The number of rotatable bonds is 5. The van der Waals surface area contributed by atoms with Crippen LogP contribution in [-0.4, -0.2) is 18.5 Å². The summed E-state index contributed by atoms with van der Waals surface area (Å²) >= 11 is 0. The fraction of sp³-hybridized carbons (Fsp3) is 0.375. The highest BCUT2D eigenvalue weighted by molar-refractivity contribution is 6.05. The minimum atomic E-state index is -0.421. The van der Waals surface area contributed by atoms with Crippen LogP contribution in [0.3, 0.4) is 0 Å². The second kappa shape index (κ2) is 7.48. The lowest BCUT2D eigenvalue weighted by Gasteiger charge is -2.11. The van der Waals surface area contributed by atoms with Crippen LogP contribution in [0.4, 0.5) is 5.69 Å². The first-order chi connectivity index (χ1) is 9.47. The van der Waals surface area contributed by atoms with E-state index in [4.69, 9.17) is 4.74 Å². The molecule has 0 aliphatic carbocycles. The Morgan fingerprint density at radius 1 is 1.25 bits per heavy atom. The minimum Gasteiger partial charge on any atom is -0.462 e. The number of anilines is 1. The first kappa shape index (κ1) is 16.0. The molecule has 4 heteroatoms. The molecule has 20 heavy (non-hydrogen) atoms. The van der Waals surface area contributed by atoms with Crippen LogP contribution in [0.25, 0.3) is 0 Å². The Balaban J connectivity index is 3.08. The molecular weight excluding hydrogens is 254 g/mol. The average molecular weight is 275 g/mol. The van der Waals surface area contributed by atoms with Gasteiger partial charge in [0.2, 0.25) is 5.91 Å². The van der Waals surface area contributed by atoms with Gasteiger partial charge >= 0.3 is 5.97 Å². The molecule has 0 heterocycles. The van der Waals surface area contributed by atoms with Gasteiger partial charge in [-0.15, -0.1) is 0 Å². The van der Waals surface area contributed by atoms with Gasteiger partial charge in [-0.1, -0.05) is 18.6 Å². The largest absolute Gasteiger partial charge is 0.462 e. The molecule has 0 atom stereocenters. The second-order valence-electron chi connectivity index (χ2n) is 4.66. The van der Waals surface area contributed by atoms with Crippen LogP contribution in [0.15, 0.2) is 29.8 Å². The van der Waals surface area contributed by atoms with Crippen molar-refractivity contribution in [3.63, 3.8) is 0 Å². The fourth-order valence-corrected chi connectivity index (χ4v) is 1.73. The number of hydrogen-bond donors (Lipinski definition) is 1. The van der Waals surface area contributed by atoms with Crippen molar-refractivity contribution in [1.82, 2.24) is 0 Å². The second-order valence-corrected chi connectivity index (χ2v) is 4.66. The molecule has 1 amide bonds. The third-order valence-electron chi connectivity index (χ3n) is 2.67. The summed E-state index contributed by atoms with van der Waals surface area (Å²) in [7, 11) is 0. The van der Waals surface area contributed by atoms with Gasteiger partial charge in [0.1, 0.15) is 0 Å². The Labute approximate surface area is 119 Å². The molecule has 108 valence electrons. The van der Waals surface area contributed by atoms with E-state index in [2.05, 4.69) is 5.32 Å². The molecule has 1 N–H and O–H groups in total. The molecule has 0 fully saturated rings. The van der Waals surface area contributed by atoms with Gasteiger partial charge in [-0.2, -0.15) is 0 Å². The summed E-state index contributed by atoms with van der Waals surface area (Å²) in [6, 6.07) is 5.39. The summed E-state index contributed by atoms with van der Waals surface area (Å²) in [6.45, 7) is 7.74. The standard InChI is InChI=1S/C16H21NO3/c1-5-12-7-8-14(17-15(18)9-11(3)4)13(10-12)16(19)20-6-2/h7-10H,5-6H2,1-4H3,(H,17,18). The molecule has 0 aromatic heterocycles. The summed E-state index contributed by atoms with van der Waals surface area (Å²) in [6.07, 6.45) is 2.30. The SMILES string of the molecule is CCOC(=O)c1cc(CC)ccc1NC(=O)C=C(C)C. The van der Waals surface area contributed by atoms with Crippen molar-refractivity contribution in [3.05, 3.63) is 41.0 Å². The van der Waals surface area contributed by atoms with Gasteiger partial charge in [0, 0.05) is 6.08 Å². The predicted molar refractivity (Wildman–Crippen MR) is 79.8 cm³/mol. The Morgan fingerprint density at radius 3 is 2.50 bits per heavy atom. The van der Waals surface area contributed by atoms with Crippen molar-refractivity contribution < 1.29 is 14.3 Å². The van der Waals surface area contributed by atoms with Gasteiger partial charge in [-0.25, -0.2) is 4.79 Å². The number of carbonyl (C=O) groups excluding carboxylic acids is 2. The number of nitrogens with one attached hydrogen (secondary N) is 1. The fourth-order valence-electron chi connectivity index (χ4n) is 1.73. The van der Waals surface area contributed by atoms with Gasteiger partial charge in [0.25, 0.3) is 0 Å². The smallest absolute Gasteiger partial charge is 0.340 e. The molecular formula is C16H21NO3. The highest BCUT2D eigenvalue weighted by Crippen LogP contribution is 2.19. The highest BCUT2D eigenvalue weighted by atomic mass is 16.5. The molecule has 1 aromatic carbocycles. The third kappa shape index (κ3) is 4.53. The van der Waals surface area contributed by atoms with E-state index in [0.29, 0.717) is 17.9 Å². The summed E-state index contributed by atoms with van der Waals surface area (Å²) in [5, 5.41) is 2.72. The van der Waals surface area contributed by atoms with Gasteiger partial charge in [-0.3, -0.25) is 4.79 Å². The van der Waals surface area contributed by atoms with Crippen molar-refractivity contribution in [1.29, 1.82) is 0 Å². The maximum Gasteiger partial charge on any atom is 0.340 e. The zero-order chi connectivity index (χ0) is 15.1. The highest BCUT2D eigenvalue weighted by Gasteiger charge is 2.14.